The van der Waals surface area contributed by atoms with Gasteiger partial charge in [-0.05, 0) is 36.2 Å². The Hall–Kier alpha value is -2.20. The Morgan fingerprint density at radius 1 is 1.19 bits per heavy atom. The van der Waals surface area contributed by atoms with Crippen molar-refractivity contribution in [3.05, 3.63) is 71.0 Å². The van der Waals surface area contributed by atoms with E-state index in [1.54, 1.807) is 18.2 Å². The molecule has 0 bridgehead atoms. The molecule has 2 atom stereocenters. The van der Waals surface area contributed by atoms with Crippen LogP contribution in [0.15, 0.2) is 48.5 Å². The summed E-state index contributed by atoms with van der Waals surface area (Å²) >= 11 is 0. The van der Waals surface area contributed by atoms with Gasteiger partial charge in [-0.3, -0.25) is 4.79 Å². The van der Waals surface area contributed by atoms with Gasteiger partial charge < -0.3 is 10.1 Å². The molecule has 1 aliphatic heterocycles. The van der Waals surface area contributed by atoms with E-state index in [4.69, 9.17) is 4.74 Å². The molecule has 0 spiro atoms. The number of carbonyl (C=O) groups excluding carboxylic acids is 1. The van der Waals surface area contributed by atoms with Crippen molar-refractivity contribution >= 4 is 5.91 Å². The van der Waals surface area contributed by atoms with Crippen LogP contribution in [0.3, 0.4) is 0 Å². The monoisotopic (exact) mass is 285 g/mol. The molecule has 1 fully saturated rings. The first-order chi connectivity index (χ1) is 10.1. The fourth-order valence-corrected chi connectivity index (χ4v) is 2.46. The van der Waals surface area contributed by atoms with E-state index in [9.17, 15) is 9.18 Å². The third-order valence-electron chi connectivity index (χ3n) is 3.73. The molecule has 1 aliphatic rings. The lowest BCUT2D eigenvalue weighted by atomic mass is 9.97. The number of hydrogen-bond donors (Lipinski definition) is 1. The van der Waals surface area contributed by atoms with E-state index in [1.807, 2.05) is 25.1 Å². The average Bonchev–Trinajstić information content (AvgIpc) is 2.46. The van der Waals surface area contributed by atoms with Gasteiger partial charge in [0, 0.05) is 5.56 Å². The predicted molar refractivity (Wildman–Crippen MR) is 77.5 cm³/mol. The normalized spacial score (nSPS) is 20.7. The number of nitrogens with one attached hydrogen (secondary N) is 1. The minimum absolute atomic E-state index is 0.0810. The van der Waals surface area contributed by atoms with Crippen molar-refractivity contribution in [1.82, 2.24) is 5.32 Å². The van der Waals surface area contributed by atoms with Gasteiger partial charge in [-0.1, -0.05) is 30.3 Å². The van der Waals surface area contributed by atoms with Gasteiger partial charge in [0.25, 0.3) is 5.91 Å². The second-order valence-electron chi connectivity index (χ2n) is 5.20. The van der Waals surface area contributed by atoms with Crippen LogP contribution in [0.2, 0.25) is 0 Å². The maximum atomic E-state index is 12.9. The molecule has 1 amide bonds. The molecule has 0 saturated carbocycles. The molecule has 1 heterocycles. The first-order valence-corrected chi connectivity index (χ1v) is 6.89. The van der Waals surface area contributed by atoms with Gasteiger partial charge in [0.05, 0.1) is 12.6 Å². The summed E-state index contributed by atoms with van der Waals surface area (Å²) in [4.78, 5) is 12.3. The predicted octanol–water partition coefficient (Wildman–Crippen LogP) is 3.00. The highest BCUT2D eigenvalue weighted by molar-refractivity contribution is 5.95. The van der Waals surface area contributed by atoms with Crippen LogP contribution < -0.4 is 5.32 Å². The second-order valence-corrected chi connectivity index (χ2v) is 5.20. The van der Waals surface area contributed by atoms with Crippen LogP contribution in [0.5, 0.6) is 0 Å². The fourth-order valence-electron chi connectivity index (χ4n) is 2.46. The molecule has 2 aromatic carbocycles. The van der Waals surface area contributed by atoms with Crippen molar-refractivity contribution < 1.29 is 13.9 Å². The number of ether oxygens (including phenoxy) is 1. The Kier molecular flexibility index (Phi) is 3.71. The molecule has 1 unspecified atom stereocenters. The number of amides is 1. The third-order valence-corrected chi connectivity index (χ3v) is 3.73. The minimum atomic E-state index is -0.279. The first-order valence-electron chi connectivity index (χ1n) is 6.89. The fraction of sp³-hybridized carbons (Fsp3) is 0.235. The summed E-state index contributed by atoms with van der Waals surface area (Å²) in [7, 11) is 0. The van der Waals surface area contributed by atoms with Gasteiger partial charge in [-0.25, -0.2) is 4.39 Å². The zero-order chi connectivity index (χ0) is 14.8. The lowest BCUT2D eigenvalue weighted by Crippen LogP contribution is -2.50. The van der Waals surface area contributed by atoms with E-state index < -0.39 is 0 Å². The van der Waals surface area contributed by atoms with Crippen LogP contribution >= 0.6 is 0 Å². The van der Waals surface area contributed by atoms with Crippen molar-refractivity contribution in [2.24, 2.45) is 0 Å². The average molecular weight is 285 g/mol. The lowest BCUT2D eigenvalue weighted by molar-refractivity contribution is -0.0861. The summed E-state index contributed by atoms with van der Waals surface area (Å²) in [5.74, 6) is -0.382. The summed E-state index contributed by atoms with van der Waals surface area (Å²) in [6, 6.07) is 13.5. The number of aryl methyl sites for hydroxylation is 1. The highest BCUT2D eigenvalue weighted by Crippen LogP contribution is 2.30. The maximum Gasteiger partial charge on any atom is 0.251 e. The summed E-state index contributed by atoms with van der Waals surface area (Å²) in [6.07, 6.45) is -0.210. The number of hydrogen-bond acceptors (Lipinski definition) is 2. The van der Waals surface area contributed by atoms with E-state index in [1.165, 1.54) is 12.1 Å². The molecule has 0 radical (unpaired) electrons. The number of rotatable bonds is 3. The molecule has 0 aliphatic carbocycles. The molecule has 1 N–H and O–H groups in total. The van der Waals surface area contributed by atoms with Crippen LogP contribution in [0.25, 0.3) is 0 Å². The number of benzene rings is 2. The van der Waals surface area contributed by atoms with E-state index in [0.717, 1.165) is 11.1 Å². The molecular weight excluding hydrogens is 269 g/mol. The summed E-state index contributed by atoms with van der Waals surface area (Å²) in [5, 5.41) is 2.98. The smallest absolute Gasteiger partial charge is 0.251 e. The molecule has 3 rings (SSSR count). The second kappa shape index (κ2) is 5.66. The van der Waals surface area contributed by atoms with E-state index in [0.29, 0.717) is 12.2 Å². The third kappa shape index (κ3) is 2.81. The van der Waals surface area contributed by atoms with Gasteiger partial charge in [0.2, 0.25) is 0 Å². The Balaban J connectivity index is 1.70. The number of carbonyl (C=O) groups is 1. The largest absolute Gasteiger partial charge is 0.369 e. The van der Waals surface area contributed by atoms with Gasteiger partial charge in [-0.2, -0.15) is 0 Å². The minimum Gasteiger partial charge on any atom is -0.369 e. The maximum absolute atomic E-state index is 12.9. The molecular formula is C17H16FNO2. The van der Waals surface area contributed by atoms with E-state index in [2.05, 4.69) is 5.32 Å². The Bertz CT molecular complexity index is 654. The number of halogens is 1. The van der Waals surface area contributed by atoms with Crippen LogP contribution in [-0.2, 0) is 4.74 Å². The summed E-state index contributed by atoms with van der Waals surface area (Å²) in [5.41, 5.74) is 2.48. The van der Waals surface area contributed by atoms with Crippen LogP contribution in [-0.4, -0.2) is 18.6 Å². The Morgan fingerprint density at radius 2 is 1.90 bits per heavy atom. The Labute approximate surface area is 122 Å². The van der Waals surface area contributed by atoms with Crippen molar-refractivity contribution in [2.75, 3.05) is 6.61 Å². The lowest BCUT2D eigenvalue weighted by Gasteiger charge is -2.37. The van der Waals surface area contributed by atoms with Crippen molar-refractivity contribution in [2.45, 2.75) is 19.1 Å². The molecule has 3 nitrogen and oxygen atoms in total. The summed E-state index contributed by atoms with van der Waals surface area (Å²) < 4.78 is 18.4. The van der Waals surface area contributed by atoms with E-state index >= 15 is 0 Å². The van der Waals surface area contributed by atoms with Crippen molar-refractivity contribution in [3.8, 4) is 0 Å². The zero-order valence-corrected chi connectivity index (χ0v) is 11.7. The van der Waals surface area contributed by atoms with Gasteiger partial charge in [0.1, 0.15) is 11.9 Å². The van der Waals surface area contributed by atoms with Gasteiger partial charge >= 0.3 is 0 Å². The SMILES string of the molecule is Cc1ccccc1C(=O)N[C@@H]1COC1c1ccc(F)cc1. The molecule has 108 valence electrons. The van der Waals surface area contributed by atoms with Crippen LogP contribution in [0.1, 0.15) is 27.6 Å². The van der Waals surface area contributed by atoms with Crippen molar-refractivity contribution in [1.29, 1.82) is 0 Å². The molecule has 2 aromatic rings. The van der Waals surface area contributed by atoms with Crippen LogP contribution in [0, 0.1) is 12.7 Å². The molecule has 1 saturated heterocycles. The molecule has 21 heavy (non-hydrogen) atoms. The van der Waals surface area contributed by atoms with Crippen molar-refractivity contribution in [3.63, 3.8) is 0 Å². The topological polar surface area (TPSA) is 38.3 Å². The quantitative estimate of drug-likeness (QED) is 0.941. The standard InChI is InChI=1S/C17H16FNO2/c1-11-4-2-3-5-14(11)17(20)19-15-10-21-16(15)12-6-8-13(18)9-7-12/h2-9,15-16H,10H2,1H3,(H,19,20)/t15-,16?/m1/s1. The Morgan fingerprint density at radius 3 is 2.52 bits per heavy atom. The zero-order valence-electron chi connectivity index (χ0n) is 11.7. The van der Waals surface area contributed by atoms with Gasteiger partial charge in [0.15, 0.2) is 0 Å². The highest BCUT2D eigenvalue weighted by atomic mass is 19.1. The summed E-state index contributed by atoms with van der Waals surface area (Å²) in [6.45, 7) is 2.38. The van der Waals surface area contributed by atoms with Gasteiger partial charge in [-0.15, -0.1) is 0 Å². The first kappa shape index (κ1) is 13.8. The van der Waals surface area contributed by atoms with Crippen LogP contribution in [0.4, 0.5) is 4.39 Å². The molecule has 4 heteroatoms. The highest BCUT2D eigenvalue weighted by Gasteiger charge is 2.34. The molecule has 0 aromatic heterocycles. The van der Waals surface area contributed by atoms with E-state index in [-0.39, 0.29) is 23.9 Å².